The number of hydrogen-bond donors (Lipinski definition) is 0. The topological polar surface area (TPSA) is 52.0 Å². The molecule has 1 heterocycles. The maximum absolute atomic E-state index is 12.4. The minimum atomic E-state index is -0.109. The summed E-state index contributed by atoms with van der Waals surface area (Å²) in [5.74, 6) is -0.208. The second kappa shape index (κ2) is 3.63. The quantitative estimate of drug-likeness (QED) is 0.653. The van der Waals surface area contributed by atoms with E-state index in [-0.39, 0.29) is 11.6 Å². The third-order valence-corrected chi connectivity index (χ3v) is 3.29. The Kier molecular flexibility index (Phi) is 2.20. The van der Waals surface area contributed by atoms with E-state index >= 15 is 0 Å². The van der Waals surface area contributed by atoms with Crippen molar-refractivity contribution in [2.24, 2.45) is 0 Å². The van der Waals surface area contributed by atoms with Crippen molar-refractivity contribution >= 4 is 11.6 Å². The molecule has 0 spiro atoms. The minimum absolute atomic E-state index is 0.0996. The first-order valence-corrected chi connectivity index (χ1v) is 5.91. The lowest BCUT2D eigenvalue weighted by Crippen LogP contribution is -2.23. The summed E-state index contributed by atoms with van der Waals surface area (Å²) in [5.41, 5.74) is 2.47. The number of rotatable bonds is 1. The van der Waals surface area contributed by atoms with Gasteiger partial charge in [0, 0.05) is 17.7 Å². The largest absolute Gasteiger partial charge is 0.288 e. The molecule has 4 heteroatoms. The van der Waals surface area contributed by atoms with E-state index in [1.807, 2.05) is 6.92 Å². The Balaban J connectivity index is 2.35. The molecule has 0 aliphatic heterocycles. The lowest BCUT2D eigenvalue weighted by Gasteiger charge is -2.15. The first-order valence-electron chi connectivity index (χ1n) is 5.91. The van der Waals surface area contributed by atoms with Gasteiger partial charge in [0.15, 0.2) is 5.78 Å². The van der Waals surface area contributed by atoms with Crippen LogP contribution in [0.3, 0.4) is 0 Å². The highest BCUT2D eigenvalue weighted by Gasteiger charge is 2.34. The highest BCUT2D eigenvalue weighted by Crippen LogP contribution is 2.28. The average Bonchev–Trinajstić information content (AvgIpc) is 2.73. The van der Waals surface area contributed by atoms with Gasteiger partial charge in [0.2, 0.25) is 5.78 Å². The Morgan fingerprint density at radius 2 is 1.72 bits per heavy atom. The van der Waals surface area contributed by atoms with Gasteiger partial charge in [0.1, 0.15) is 5.69 Å². The number of fused-ring (bicyclic) bond motifs is 2. The van der Waals surface area contributed by atoms with Crippen LogP contribution in [0.2, 0.25) is 0 Å². The van der Waals surface area contributed by atoms with Gasteiger partial charge in [-0.25, -0.2) is 0 Å². The minimum Gasteiger partial charge on any atom is -0.288 e. The summed E-state index contributed by atoms with van der Waals surface area (Å²) >= 11 is 0. The molecule has 2 aromatic rings. The number of benzene rings is 1. The van der Waals surface area contributed by atoms with Crippen LogP contribution >= 0.6 is 0 Å². The lowest BCUT2D eigenvalue weighted by molar-refractivity contribution is 0.0973. The van der Waals surface area contributed by atoms with Gasteiger partial charge in [0.05, 0.1) is 11.3 Å². The van der Waals surface area contributed by atoms with Crippen LogP contribution in [0.25, 0.3) is 0 Å². The van der Waals surface area contributed by atoms with E-state index in [0.29, 0.717) is 34.6 Å². The third-order valence-electron chi connectivity index (χ3n) is 3.29. The van der Waals surface area contributed by atoms with E-state index in [4.69, 9.17) is 0 Å². The zero-order chi connectivity index (χ0) is 12.9. The van der Waals surface area contributed by atoms with E-state index in [0.717, 1.165) is 0 Å². The van der Waals surface area contributed by atoms with Crippen molar-refractivity contribution in [1.82, 2.24) is 9.78 Å². The molecule has 0 radical (unpaired) electrons. The molecule has 0 N–H and O–H groups in total. The molecule has 0 atom stereocenters. The van der Waals surface area contributed by atoms with Crippen molar-refractivity contribution in [2.75, 3.05) is 0 Å². The van der Waals surface area contributed by atoms with Gasteiger partial charge in [-0.1, -0.05) is 24.3 Å². The average molecular weight is 240 g/mol. The van der Waals surface area contributed by atoms with E-state index in [9.17, 15) is 9.59 Å². The van der Waals surface area contributed by atoms with Crippen molar-refractivity contribution in [3.05, 3.63) is 52.3 Å². The van der Waals surface area contributed by atoms with Crippen molar-refractivity contribution < 1.29 is 9.59 Å². The Morgan fingerprint density at radius 3 is 2.33 bits per heavy atom. The van der Waals surface area contributed by atoms with Gasteiger partial charge in [-0.05, 0) is 13.8 Å². The number of hydrogen-bond acceptors (Lipinski definition) is 3. The maximum atomic E-state index is 12.4. The smallest absolute Gasteiger partial charge is 0.212 e. The fraction of sp³-hybridized carbons (Fsp3) is 0.214. The second-order valence-corrected chi connectivity index (χ2v) is 4.33. The molecule has 90 valence electrons. The molecule has 3 rings (SSSR count). The Morgan fingerprint density at radius 1 is 1.11 bits per heavy atom. The first-order chi connectivity index (χ1) is 8.65. The summed E-state index contributed by atoms with van der Waals surface area (Å²) < 4.78 is 1.61. The molecule has 1 aliphatic carbocycles. The fourth-order valence-electron chi connectivity index (χ4n) is 2.45. The number of nitrogens with zero attached hydrogens (tertiary/aromatic N) is 2. The van der Waals surface area contributed by atoms with Gasteiger partial charge in [-0.15, -0.1) is 0 Å². The Labute approximate surface area is 104 Å². The highest BCUT2D eigenvalue weighted by molar-refractivity contribution is 6.28. The summed E-state index contributed by atoms with van der Waals surface area (Å²) in [4.78, 5) is 24.8. The van der Waals surface area contributed by atoms with Crippen LogP contribution in [0.5, 0.6) is 0 Å². The summed E-state index contributed by atoms with van der Waals surface area (Å²) in [7, 11) is 0. The van der Waals surface area contributed by atoms with Gasteiger partial charge < -0.3 is 0 Å². The first kappa shape index (κ1) is 10.9. The number of aromatic nitrogens is 2. The van der Waals surface area contributed by atoms with E-state index in [1.54, 1.807) is 35.9 Å². The van der Waals surface area contributed by atoms with Gasteiger partial charge >= 0.3 is 0 Å². The van der Waals surface area contributed by atoms with Gasteiger partial charge in [-0.2, -0.15) is 5.10 Å². The van der Waals surface area contributed by atoms with E-state index in [2.05, 4.69) is 5.10 Å². The number of carbonyl (C=O) groups is 2. The molecule has 0 fully saturated rings. The summed E-state index contributed by atoms with van der Waals surface area (Å²) in [6.07, 6.45) is 0. The molecule has 0 saturated carbocycles. The highest BCUT2D eigenvalue weighted by atomic mass is 16.1. The van der Waals surface area contributed by atoms with Gasteiger partial charge in [0.25, 0.3) is 0 Å². The predicted octanol–water partition coefficient (Wildman–Crippen LogP) is 1.99. The lowest BCUT2D eigenvalue weighted by atomic mass is 9.87. The van der Waals surface area contributed by atoms with Crippen LogP contribution in [0.15, 0.2) is 24.3 Å². The molecule has 1 aromatic carbocycles. The zero-order valence-corrected chi connectivity index (χ0v) is 10.2. The van der Waals surface area contributed by atoms with Crippen molar-refractivity contribution in [1.29, 1.82) is 0 Å². The molecular formula is C14H12N2O2. The van der Waals surface area contributed by atoms with Crippen molar-refractivity contribution in [2.45, 2.75) is 20.4 Å². The van der Waals surface area contributed by atoms with E-state index in [1.165, 1.54) is 0 Å². The van der Waals surface area contributed by atoms with Gasteiger partial charge in [-0.3, -0.25) is 14.3 Å². The Bertz CT molecular complexity index is 683. The second-order valence-electron chi connectivity index (χ2n) is 4.33. The monoisotopic (exact) mass is 240 g/mol. The normalized spacial score (nSPS) is 13.4. The van der Waals surface area contributed by atoms with Crippen LogP contribution < -0.4 is 0 Å². The standard InChI is InChI=1S/C14H12N2O2/c1-3-16-12-11(8(2)15-16)13(17)9-6-4-5-7-10(9)14(12)18/h4-7H,3H2,1-2H3. The third kappa shape index (κ3) is 1.23. The Hall–Kier alpha value is -2.23. The zero-order valence-electron chi connectivity index (χ0n) is 10.2. The molecule has 1 aliphatic rings. The molecule has 4 nitrogen and oxygen atoms in total. The van der Waals surface area contributed by atoms with Crippen LogP contribution in [0.4, 0.5) is 0 Å². The van der Waals surface area contributed by atoms with E-state index < -0.39 is 0 Å². The van der Waals surface area contributed by atoms with Crippen LogP contribution in [0, 0.1) is 6.92 Å². The van der Waals surface area contributed by atoms with Crippen LogP contribution in [-0.4, -0.2) is 21.3 Å². The van der Waals surface area contributed by atoms with Crippen molar-refractivity contribution in [3.63, 3.8) is 0 Å². The molecule has 0 bridgehead atoms. The summed E-state index contributed by atoms with van der Waals surface area (Å²) in [5, 5.41) is 4.27. The van der Waals surface area contributed by atoms with Crippen LogP contribution in [-0.2, 0) is 6.54 Å². The number of ketones is 2. The molecule has 0 unspecified atom stereocenters. The molecular weight excluding hydrogens is 228 g/mol. The number of carbonyl (C=O) groups excluding carboxylic acids is 2. The number of aryl methyl sites for hydroxylation is 2. The molecule has 0 saturated heterocycles. The van der Waals surface area contributed by atoms with Crippen LogP contribution in [0.1, 0.15) is 44.6 Å². The molecule has 1 aromatic heterocycles. The predicted molar refractivity (Wildman–Crippen MR) is 65.9 cm³/mol. The summed E-state index contributed by atoms with van der Waals surface area (Å²) in [6, 6.07) is 6.94. The molecule has 0 amide bonds. The SMILES string of the molecule is CCn1nc(C)c2c1C(=O)c1ccccc1C2=O. The fourth-order valence-corrected chi connectivity index (χ4v) is 2.45. The molecule has 18 heavy (non-hydrogen) atoms. The van der Waals surface area contributed by atoms with Crippen molar-refractivity contribution in [3.8, 4) is 0 Å². The summed E-state index contributed by atoms with van der Waals surface area (Å²) in [6.45, 7) is 4.26. The maximum Gasteiger partial charge on any atom is 0.212 e.